The second-order valence-corrected chi connectivity index (χ2v) is 7.86. The SMILES string of the molecule is CC.CC.CC.CCC(=O)C1CCC(C(=O)N2CCC3(CC[N-]CC3)CC2)CC1.[Y]. The fraction of sp³-hybridized carbons (Fsp3) is 0.920. The Morgan fingerprint density at radius 2 is 1.23 bits per heavy atom. The van der Waals surface area contributed by atoms with Crippen molar-refractivity contribution in [2.24, 2.45) is 17.3 Å². The second kappa shape index (κ2) is 18.7. The Hall–Kier alpha value is 0.204. The van der Waals surface area contributed by atoms with Crippen LogP contribution in [0.4, 0.5) is 0 Å². The molecular formula is C25H49N2O2Y-. The van der Waals surface area contributed by atoms with Gasteiger partial charge < -0.3 is 10.2 Å². The first-order valence-corrected chi connectivity index (χ1v) is 12.6. The molecule has 0 unspecified atom stereocenters. The molecule has 1 radical (unpaired) electrons. The number of piperidine rings is 2. The first-order chi connectivity index (χ1) is 14.1. The van der Waals surface area contributed by atoms with Crippen molar-refractivity contribution in [3.8, 4) is 0 Å². The van der Waals surface area contributed by atoms with E-state index in [9.17, 15) is 9.59 Å². The Morgan fingerprint density at radius 3 is 1.67 bits per heavy atom. The summed E-state index contributed by atoms with van der Waals surface area (Å²) in [7, 11) is 0. The van der Waals surface area contributed by atoms with Gasteiger partial charge in [0.1, 0.15) is 5.78 Å². The molecule has 1 saturated carbocycles. The molecule has 0 aromatic rings. The maximum absolute atomic E-state index is 12.8. The molecule has 5 heteroatoms. The quantitative estimate of drug-likeness (QED) is 0.439. The van der Waals surface area contributed by atoms with Crippen LogP contribution in [0.15, 0.2) is 0 Å². The molecule has 4 nitrogen and oxygen atoms in total. The van der Waals surface area contributed by atoms with Crippen molar-refractivity contribution < 1.29 is 42.3 Å². The van der Waals surface area contributed by atoms with Gasteiger partial charge in [0.15, 0.2) is 0 Å². The largest absolute Gasteiger partial charge is 0.662 e. The molecule has 3 fully saturated rings. The third-order valence-corrected chi connectivity index (χ3v) is 6.62. The number of amides is 1. The van der Waals surface area contributed by atoms with Crippen molar-refractivity contribution in [1.82, 2.24) is 4.90 Å². The van der Waals surface area contributed by atoms with E-state index in [1.807, 2.05) is 48.5 Å². The molecule has 0 N–H and O–H groups in total. The van der Waals surface area contributed by atoms with Gasteiger partial charge in [-0.2, -0.15) is 0 Å². The van der Waals surface area contributed by atoms with Crippen LogP contribution < -0.4 is 0 Å². The molecule has 1 amide bonds. The third-order valence-electron chi connectivity index (χ3n) is 6.62. The van der Waals surface area contributed by atoms with Crippen LogP contribution in [0.1, 0.15) is 106 Å². The number of carbonyl (C=O) groups excluding carboxylic acids is 2. The Bertz CT molecular complexity index is 432. The monoisotopic (exact) mass is 498 g/mol. The second-order valence-electron chi connectivity index (χ2n) is 7.86. The summed E-state index contributed by atoms with van der Waals surface area (Å²) in [5.41, 5.74) is 0.476. The molecule has 1 aliphatic carbocycles. The average Bonchev–Trinajstić information content (AvgIpc) is 2.83. The van der Waals surface area contributed by atoms with Crippen molar-refractivity contribution >= 4 is 11.7 Å². The molecule has 2 aliphatic heterocycles. The molecule has 30 heavy (non-hydrogen) atoms. The van der Waals surface area contributed by atoms with E-state index in [1.165, 1.54) is 12.8 Å². The van der Waals surface area contributed by atoms with Crippen molar-refractivity contribution in [1.29, 1.82) is 0 Å². The van der Waals surface area contributed by atoms with Crippen molar-refractivity contribution in [2.45, 2.75) is 106 Å². The molecule has 0 aromatic heterocycles. The first-order valence-electron chi connectivity index (χ1n) is 12.6. The number of nitrogens with zero attached hydrogens (tertiary/aromatic N) is 2. The summed E-state index contributed by atoms with van der Waals surface area (Å²) in [4.78, 5) is 26.7. The van der Waals surface area contributed by atoms with Crippen LogP contribution in [0.2, 0.25) is 0 Å². The van der Waals surface area contributed by atoms with E-state index in [1.54, 1.807) is 0 Å². The summed E-state index contributed by atoms with van der Waals surface area (Å²) < 4.78 is 0. The number of likely N-dealkylation sites (tertiary alicyclic amines) is 1. The van der Waals surface area contributed by atoms with Crippen LogP contribution in [0.3, 0.4) is 0 Å². The van der Waals surface area contributed by atoms with Gasteiger partial charge in [0, 0.05) is 64.1 Å². The zero-order valence-electron chi connectivity index (χ0n) is 21.1. The average molecular weight is 499 g/mol. The van der Waals surface area contributed by atoms with Crippen LogP contribution >= 0.6 is 0 Å². The van der Waals surface area contributed by atoms with Gasteiger partial charge in [-0.3, -0.25) is 9.59 Å². The van der Waals surface area contributed by atoms with Crippen LogP contribution in [0, 0.1) is 17.3 Å². The zero-order valence-corrected chi connectivity index (χ0v) is 24.0. The predicted molar refractivity (Wildman–Crippen MR) is 125 cm³/mol. The summed E-state index contributed by atoms with van der Waals surface area (Å²) in [5, 5.41) is 4.47. The zero-order chi connectivity index (χ0) is 22.3. The van der Waals surface area contributed by atoms with Gasteiger partial charge in [-0.15, -0.1) is 13.1 Å². The van der Waals surface area contributed by atoms with Crippen LogP contribution in [0.5, 0.6) is 0 Å². The van der Waals surface area contributed by atoms with Crippen molar-refractivity contribution in [2.75, 3.05) is 26.2 Å². The van der Waals surface area contributed by atoms with Crippen molar-refractivity contribution in [3.05, 3.63) is 5.32 Å². The standard InChI is InChI=1S/C19H31N2O2.3C2H6.Y/c1-2-17(22)15-3-5-16(6-4-15)18(23)21-13-9-19(10-14-21)7-11-20-12-8-19;3*1-2;/h15-16H,2-14H2,1H3;3*1-2H3;/q-1;;;;. The molecule has 0 aromatic carbocycles. The molecule has 3 rings (SSSR count). The minimum absolute atomic E-state index is 0. The number of hydrogen-bond acceptors (Lipinski definition) is 2. The number of carbonyl (C=O) groups is 2. The van der Waals surface area contributed by atoms with E-state index < -0.39 is 0 Å². The van der Waals surface area contributed by atoms with E-state index in [4.69, 9.17) is 0 Å². The summed E-state index contributed by atoms with van der Waals surface area (Å²) in [6, 6.07) is 0. The van der Waals surface area contributed by atoms with Gasteiger partial charge in [0.25, 0.3) is 0 Å². The van der Waals surface area contributed by atoms with Gasteiger partial charge in [0.2, 0.25) is 5.91 Å². The minimum atomic E-state index is 0. The normalized spacial score (nSPS) is 24.4. The van der Waals surface area contributed by atoms with Crippen molar-refractivity contribution in [3.63, 3.8) is 0 Å². The summed E-state index contributed by atoms with van der Waals surface area (Å²) in [6.07, 6.45) is 9.08. The van der Waals surface area contributed by atoms with Gasteiger partial charge in [-0.05, 0) is 43.9 Å². The van der Waals surface area contributed by atoms with Gasteiger partial charge in [-0.25, -0.2) is 0 Å². The van der Waals surface area contributed by atoms with E-state index in [-0.39, 0.29) is 44.5 Å². The first kappa shape index (κ1) is 32.4. The predicted octanol–water partition coefficient (Wildman–Crippen LogP) is 6.62. The van der Waals surface area contributed by atoms with Gasteiger partial charge in [-0.1, -0.05) is 61.3 Å². The van der Waals surface area contributed by atoms with Crippen LogP contribution in [0.25, 0.3) is 5.32 Å². The molecular weight excluding hydrogens is 449 g/mol. The Kier molecular flexibility index (Phi) is 20.2. The van der Waals surface area contributed by atoms with Crippen LogP contribution in [-0.2, 0) is 42.3 Å². The van der Waals surface area contributed by atoms with E-state index in [0.717, 1.165) is 64.7 Å². The maximum Gasteiger partial charge on any atom is 0.225 e. The summed E-state index contributed by atoms with van der Waals surface area (Å²) in [5.74, 6) is 1.15. The fourth-order valence-electron chi connectivity index (χ4n) is 4.78. The molecule has 3 aliphatic rings. The smallest absolute Gasteiger partial charge is 0.225 e. The molecule has 0 atom stereocenters. The summed E-state index contributed by atoms with van der Waals surface area (Å²) in [6.45, 7) is 17.9. The fourth-order valence-corrected chi connectivity index (χ4v) is 4.78. The molecule has 2 heterocycles. The molecule has 175 valence electrons. The minimum Gasteiger partial charge on any atom is -0.662 e. The number of ketones is 1. The van der Waals surface area contributed by atoms with Gasteiger partial charge >= 0.3 is 0 Å². The molecule has 0 bridgehead atoms. The van der Waals surface area contributed by atoms with Crippen LogP contribution in [-0.4, -0.2) is 42.8 Å². The van der Waals surface area contributed by atoms with E-state index in [0.29, 0.717) is 23.5 Å². The third kappa shape index (κ3) is 9.78. The number of Topliss-reactive ketones (excluding diaryl/α,β-unsaturated/α-hetero) is 1. The number of hydrogen-bond donors (Lipinski definition) is 0. The van der Waals surface area contributed by atoms with Gasteiger partial charge in [0.05, 0.1) is 0 Å². The van der Waals surface area contributed by atoms with E-state index >= 15 is 0 Å². The topological polar surface area (TPSA) is 51.5 Å². The number of rotatable bonds is 3. The molecule has 1 spiro atoms. The maximum atomic E-state index is 12.8. The summed E-state index contributed by atoms with van der Waals surface area (Å²) >= 11 is 0. The Morgan fingerprint density at radius 1 is 0.800 bits per heavy atom. The molecule has 2 saturated heterocycles. The Labute approximate surface area is 213 Å². The van der Waals surface area contributed by atoms with E-state index in [2.05, 4.69) is 10.2 Å². The Balaban J connectivity index is 0.